The Balaban J connectivity index is 1.68. The molecule has 1 amide bonds. The average molecular weight is 546 g/mol. The molecule has 0 aliphatic carbocycles. The Kier molecular flexibility index (Phi) is 8.07. The zero-order valence-electron chi connectivity index (χ0n) is 19.3. The minimum atomic E-state index is -0.448. The van der Waals surface area contributed by atoms with E-state index in [9.17, 15) is 4.79 Å². The van der Waals surface area contributed by atoms with Gasteiger partial charge in [-0.1, -0.05) is 76.9 Å². The lowest BCUT2D eigenvalue weighted by molar-refractivity contribution is 0.0938. The van der Waals surface area contributed by atoms with Gasteiger partial charge in [-0.15, -0.1) is 10.2 Å². The molecule has 4 rings (SSSR count). The number of benzene rings is 3. The number of aryl methyl sites for hydroxylation is 2. The third-order valence-electron chi connectivity index (χ3n) is 5.61. The smallest absolute Gasteiger partial charge is 0.251 e. The number of halogens is 3. The topological polar surface area (TPSA) is 59.8 Å². The minimum Gasteiger partial charge on any atom is -0.342 e. The van der Waals surface area contributed by atoms with Crippen molar-refractivity contribution < 1.29 is 4.79 Å². The predicted octanol–water partition coefficient (Wildman–Crippen LogP) is 7.63. The summed E-state index contributed by atoms with van der Waals surface area (Å²) in [4.78, 5) is 12.9. The van der Waals surface area contributed by atoms with Crippen molar-refractivity contribution in [2.45, 2.75) is 37.7 Å². The van der Waals surface area contributed by atoms with E-state index in [0.29, 0.717) is 31.6 Å². The Bertz CT molecular complexity index is 1390. The Hall–Kier alpha value is -2.51. The maximum atomic E-state index is 12.9. The summed E-state index contributed by atoms with van der Waals surface area (Å²) in [6, 6.07) is 18.3. The van der Waals surface area contributed by atoms with E-state index in [1.165, 1.54) is 11.1 Å². The van der Waals surface area contributed by atoms with Gasteiger partial charge in [0, 0.05) is 16.3 Å². The highest BCUT2D eigenvalue weighted by Crippen LogP contribution is 2.31. The summed E-state index contributed by atoms with van der Waals surface area (Å²) in [7, 11) is 0. The van der Waals surface area contributed by atoms with Crippen LogP contribution in [0.25, 0.3) is 5.69 Å². The van der Waals surface area contributed by atoms with Crippen LogP contribution in [0, 0.1) is 13.8 Å². The van der Waals surface area contributed by atoms with Crippen LogP contribution < -0.4 is 5.32 Å². The van der Waals surface area contributed by atoms with E-state index >= 15 is 0 Å². The van der Waals surface area contributed by atoms with Crippen molar-refractivity contribution in [1.82, 2.24) is 20.1 Å². The minimum absolute atomic E-state index is 0.289. The highest BCUT2D eigenvalue weighted by atomic mass is 35.5. The third-order valence-corrected chi connectivity index (χ3v) is 7.56. The highest BCUT2D eigenvalue weighted by Gasteiger charge is 2.23. The molecule has 0 aliphatic rings. The zero-order chi connectivity index (χ0) is 25.1. The summed E-state index contributed by atoms with van der Waals surface area (Å²) >= 11 is 20.0. The molecule has 180 valence electrons. The van der Waals surface area contributed by atoms with Gasteiger partial charge in [-0.2, -0.15) is 0 Å². The van der Waals surface area contributed by atoms with Gasteiger partial charge in [0.25, 0.3) is 5.91 Å². The van der Waals surface area contributed by atoms with Gasteiger partial charge in [0.2, 0.25) is 0 Å². The third kappa shape index (κ3) is 5.84. The van der Waals surface area contributed by atoms with Crippen LogP contribution in [0.4, 0.5) is 0 Å². The van der Waals surface area contributed by atoms with Gasteiger partial charge in [0.1, 0.15) is 0 Å². The number of carbonyl (C=O) groups excluding carboxylic acids is 1. The number of aromatic nitrogens is 3. The molecule has 0 saturated heterocycles. The average Bonchev–Trinajstić information content (AvgIpc) is 3.25. The monoisotopic (exact) mass is 544 g/mol. The summed E-state index contributed by atoms with van der Waals surface area (Å²) in [5, 5.41) is 14.0. The first-order valence-electron chi connectivity index (χ1n) is 10.9. The molecule has 3 aromatic carbocycles. The molecule has 0 aliphatic heterocycles. The lowest BCUT2D eigenvalue weighted by atomic mass is 10.1. The molecule has 0 radical (unpaired) electrons. The fourth-order valence-corrected chi connectivity index (χ4v) is 5.09. The van der Waals surface area contributed by atoms with Crippen LogP contribution in [0.2, 0.25) is 15.1 Å². The van der Waals surface area contributed by atoms with Gasteiger partial charge in [0.15, 0.2) is 11.0 Å². The molecule has 0 fully saturated rings. The van der Waals surface area contributed by atoms with Crippen molar-refractivity contribution in [3.8, 4) is 5.69 Å². The number of nitrogens with zero attached hydrogens (tertiary/aromatic N) is 3. The Morgan fingerprint density at radius 1 is 0.971 bits per heavy atom. The summed E-state index contributed by atoms with van der Waals surface area (Å²) in [6.07, 6.45) is 0. The predicted molar refractivity (Wildman–Crippen MR) is 144 cm³/mol. The van der Waals surface area contributed by atoms with E-state index in [0.717, 1.165) is 17.0 Å². The normalized spacial score (nSPS) is 11.9. The summed E-state index contributed by atoms with van der Waals surface area (Å²) in [6.45, 7) is 5.96. The van der Waals surface area contributed by atoms with Gasteiger partial charge < -0.3 is 5.32 Å². The number of hydrogen-bond acceptors (Lipinski definition) is 4. The number of rotatable bonds is 7. The maximum absolute atomic E-state index is 12.9. The van der Waals surface area contributed by atoms with Crippen LogP contribution in [0.1, 0.15) is 45.8 Å². The van der Waals surface area contributed by atoms with Crippen molar-refractivity contribution in [3.63, 3.8) is 0 Å². The van der Waals surface area contributed by atoms with Crippen molar-refractivity contribution in [1.29, 1.82) is 0 Å². The molecular formula is C26H23Cl3N4OS. The molecule has 1 heterocycles. The second-order valence-corrected chi connectivity index (χ2v) is 10.3. The van der Waals surface area contributed by atoms with Crippen LogP contribution >= 0.6 is 46.6 Å². The number of nitrogens with one attached hydrogen (secondary N) is 1. The number of hydrogen-bond donors (Lipinski definition) is 1. The quantitative estimate of drug-likeness (QED) is 0.243. The van der Waals surface area contributed by atoms with E-state index in [4.69, 9.17) is 34.8 Å². The molecular weight excluding hydrogens is 523 g/mol. The molecule has 9 heteroatoms. The van der Waals surface area contributed by atoms with Gasteiger partial charge in [-0.3, -0.25) is 9.36 Å². The Morgan fingerprint density at radius 3 is 2.49 bits per heavy atom. The van der Waals surface area contributed by atoms with Crippen LogP contribution in [0.3, 0.4) is 0 Å². The second-order valence-electron chi connectivity index (χ2n) is 8.15. The molecule has 5 nitrogen and oxygen atoms in total. The first-order valence-corrected chi connectivity index (χ1v) is 13.0. The van der Waals surface area contributed by atoms with Gasteiger partial charge in [-0.05, 0) is 67.8 Å². The standard InChI is InChI=1S/C26H23Cl3N4OS/c1-15-6-4-5-7-19(15)14-35-26-32-31-24(33(26)23-13-20(27)10-8-16(23)2)17(3)30-25(34)18-9-11-21(28)22(29)12-18/h4-13,17H,14H2,1-3H3,(H,30,34). The first kappa shape index (κ1) is 25.6. The Labute approximate surface area is 223 Å². The number of amides is 1. The van der Waals surface area contributed by atoms with Crippen molar-refractivity contribution in [2.24, 2.45) is 0 Å². The maximum Gasteiger partial charge on any atom is 0.251 e. The van der Waals surface area contributed by atoms with E-state index in [-0.39, 0.29) is 5.91 Å². The van der Waals surface area contributed by atoms with Crippen LogP contribution in [0.5, 0.6) is 0 Å². The lowest BCUT2D eigenvalue weighted by Crippen LogP contribution is -2.28. The number of thioether (sulfide) groups is 1. The van der Waals surface area contributed by atoms with E-state index in [1.807, 2.05) is 48.7 Å². The summed E-state index contributed by atoms with van der Waals surface area (Å²) < 4.78 is 1.96. The zero-order valence-corrected chi connectivity index (χ0v) is 22.4. The first-order chi connectivity index (χ1) is 16.7. The van der Waals surface area contributed by atoms with E-state index in [1.54, 1.807) is 30.0 Å². The second kappa shape index (κ2) is 11.0. The molecule has 1 unspecified atom stereocenters. The van der Waals surface area contributed by atoms with Crippen LogP contribution in [-0.2, 0) is 5.75 Å². The van der Waals surface area contributed by atoms with Crippen molar-refractivity contribution in [3.05, 3.63) is 104 Å². The fraction of sp³-hybridized carbons (Fsp3) is 0.192. The Morgan fingerprint density at radius 2 is 1.74 bits per heavy atom. The molecule has 0 bridgehead atoms. The van der Waals surface area contributed by atoms with Crippen molar-refractivity contribution >= 4 is 52.5 Å². The highest BCUT2D eigenvalue weighted by molar-refractivity contribution is 7.98. The number of carbonyl (C=O) groups is 1. The van der Waals surface area contributed by atoms with Gasteiger partial charge >= 0.3 is 0 Å². The molecule has 1 N–H and O–H groups in total. The molecule has 0 spiro atoms. The molecule has 4 aromatic rings. The molecule has 35 heavy (non-hydrogen) atoms. The lowest BCUT2D eigenvalue weighted by Gasteiger charge is -2.18. The largest absolute Gasteiger partial charge is 0.342 e. The summed E-state index contributed by atoms with van der Waals surface area (Å²) in [5.41, 5.74) is 4.71. The van der Waals surface area contributed by atoms with Crippen molar-refractivity contribution in [2.75, 3.05) is 0 Å². The molecule has 1 aromatic heterocycles. The van der Waals surface area contributed by atoms with Gasteiger partial charge in [-0.25, -0.2) is 0 Å². The van der Waals surface area contributed by atoms with Gasteiger partial charge in [0.05, 0.1) is 21.8 Å². The van der Waals surface area contributed by atoms with E-state index in [2.05, 4.69) is 34.6 Å². The van der Waals surface area contributed by atoms with Crippen LogP contribution in [-0.4, -0.2) is 20.7 Å². The fourth-order valence-electron chi connectivity index (χ4n) is 3.60. The molecule has 0 saturated carbocycles. The van der Waals surface area contributed by atoms with E-state index < -0.39 is 6.04 Å². The van der Waals surface area contributed by atoms with Crippen LogP contribution in [0.15, 0.2) is 65.8 Å². The SMILES string of the molecule is Cc1ccccc1CSc1nnc(C(C)NC(=O)c2ccc(Cl)c(Cl)c2)n1-c1cc(Cl)ccc1C. The summed E-state index contributed by atoms with van der Waals surface area (Å²) in [5.74, 6) is 1.03. The molecule has 1 atom stereocenters.